The highest BCUT2D eigenvalue weighted by atomic mass is 32.2. The normalized spacial score (nSPS) is 36.0. The summed E-state index contributed by atoms with van der Waals surface area (Å²) in [5, 5.41) is 13.0. The molecular weight excluding hydrogens is 342 g/mol. The summed E-state index contributed by atoms with van der Waals surface area (Å²) in [5.41, 5.74) is 6.25. The summed E-state index contributed by atoms with van der Waals surface area (Å²) in [5.74, 6) is -0.273. The van der Waals surface area contributed by atoms with Gasteiger partial charge in [-0.15, -0.1) is 5.10 Å². The highest BCUT2D eigenvalue weighted by molar-refractivity contribution is 8.15. The van der Waals surface area contributed by atoms with Crippen molar-refractivity contribution in [3.63, 3.8) is 0 Å². The van der Waals surface area contributed by atoms with Crippen LogP contribution >= 0.6 is 11.8 Å². The largest absolute Gasteiger partial charge is 0.351 e. The van der Waals surface area contributed by atoms with Gasteiger partial charge in [0.25, 0.3) is 0 Å². The fourth-order valence-electron chi connectivity index (χ4n) is 4.13. The van der Waals surface area contributed by atoms with E-state index in [0.29, 0.717) is 11.1 Å². The van der Waals surface area contributed by atoms with Crippen molar-refractivity contribution >= 4 is 40.5 Å². The maximum atomic E-state index is 11.9. The molecule has 3 rings (SSSR count). The van der Waals surface area contributed by atoms with E-state index in [9.17, 15) is 14.4 Å². The molecule has 3 fully saturated rings. The molecule has 0 aromatic carbocycles. The molecule has 3 atom stereocenters. The van der Waals surface area contributed by atoms with Crippen LogP contribution in [0.5, 0.6) is 0 Å². The SMILES string of the molecule is CC1(C)[C@H]2CC[C@@]1(C)/C(=N\N=C1\NC(=O)[C@@H](CC(=O)NC(N)=O)S1)C2. The molecule has 0 spiro atoms. The van der Waals surface area contributed by atoms with E-state index in [1.807, 2.05) is 5.32 Å². The molecule has 2 saturated carbocycles. The molecule has 9 heteroatoms. The first kappa shape index (κ1) is 17.9. The van der Waals surface area contributed by atoms with E-state index in [2.05, 4.69) is 36.3 Å². The maximum absolute atomic E-state index is 11.9. The number of hydrogen-bond acceptors (Lipinski definition) is 6. The van der Waals surface area contributed by atoms with Crippen LogP contribution in [0, 0.1) is 16.7 Å². The van der Waals surface area contributed by atoms with Gasteiger partial charge in [0.1, 0.15) is 5.25 Å². The minimum Gasteiger partial charge on any atom is -0.351 e. The highest BCUT2D eigenvalue weighted by Crippen LogP contribution is 2.64. The molecule has 0 aromatic rings. The van der Waals surface area contributed by atoms with Crippen LogP contribution in [0.25, 0.3) is 0 Å². The Hall–Kier alpha value is -1.90. The van der Waals surface area contributed by atoms with Crippen molar-refractivity contribution < 1.29 is 14.4 Å². The average Bonchev–Trinajstić information content (AvgIpc) is 3.01. The fraction of sp³-hybridized carbons (Fsp3) is 0.688. The zero-order valence-corrected chi connectivity index (χ0v) is 15.4. The smallest absolute Gasteiger partial charge is 0.318 e. The lowest BCUT2D eigenvalue weighted by Crippen LogP contribution is -2.37. The number of carbonyl (C=O) groups excluding carboxylic acids is 3. The van der Waals surface area contributed by atoms with Gasteiger partial charge in [0, 0.05) is 17.5 Å². The second-order valence-electron chi connectivity index (χ2n) is 7.66. The molecule has 2 aliphatic carbocycles. The second-order valence-corrected chi connectivity index (χ2v) is 8.85. The Morgan fingerprint density at radius 2 is 2.08 bits per heavy atom. The summed E-state index contributed by atoms with van der Waals surface area (Å²) in [6.07, 6.45) is 3.15. The third kappa shape index (κ3) is 3.05. The highest BCUT2D eigenvalue weighted by Gasteiger charge is 2.60. The zero-order valence-electron chi connectivity index (χ0n) is 14.6. The van der Waals surface area contributed by atoms with Crippen LogP contribution in [0.4, 0.5) is 4.79 Å². The Morgan fingerprint density at radius 1 is 1.36 bits per heavy atom. The molecule has 1 aliphatic heterocycles. The van der Waals surface area contributed by atoms with Crippen molar-refractivity contribution in [2.75, 3.05) is 0 Å². The van der Waals surface area contributed by atoms with Gasteiger partial charge in [-0.3, -0.25) is 14.9 Å². The van der Waals surface area contributed by atoms with Crippen LogP contribution in [0.3, 0.4) is 0 Å². The molecule has 1 heterocycles. The Balaban J connectivity index is 1.67. The number of primary amides is 1. The number of thioether (sulfide) groups is 1. The number of amides is 4. The minimum atomic E-state index is -0.930. The van der Waals surface area contributed by atoms with Crippen molar-refractivity contribution in [1.82, 2.24) is 10.6 Å². The molecule has 4 N–H and O–H groups in total. The lowest BCUT2D eigenvalue weighted by atomic mass is 9.70. The first-order valence-corrected chi connectivity index (χ1v) is 9.23. The van der Waals surface area contributed by atoms with Gasteiger partial charge in [-0.05, 0) is 30.6 Å². The molecule has 0 unspecified atom stereocenters. The second kappa shape index (κ2) is 6.12. The Bertz CT molecular complexity index is 702. The van der Waals surface area contributed by atoms with Crippen molar-refractivity contribution in [3.8, 4) is 0 Å². The van der Waals surface area contributed by atoms with Crippen LogP contribution in [-0.4, -0.2) is 34.0 Å². The molecular formula is C16H23N5O3S. The van der Waals surface area contributed by atoms with Gasteiger partial charge in [0.15, 0.2) is 5.17 Å². The molecule has 2 bridgehead atoms. The first-order chi connectivity index (χ1) is 11.6. The number of nitrogens with one attached hydrogen (secondary N) is 2. The number of nitrogens with two attached hydrogens (primary N) is 1. The summed E-state index contributed by atoms with van der Waals surface area (Å²) >= 11 is 1.15. The standard InChI is InChI=1S/C16H23N5O3S/c1-15(2)8-4-5-16(15,3)10(6-8)20-21-14-19-12(23)9(25-14)7-11(22)18-13(17)24/h8-9H,4-7H2,1-3H3,(H,19,21,23)(H3,17,18,22,24)/b20-10-/t8-,9+,16-/m0/s1. The van der Waals surface area contributed by atoms with Crippen LogP contribution in [0.2, 0.25) is 0 Å². The van der Waals surface area contributed by atoms with E-state index in [1.165, 1.54) is 6.42 Å². The minimum absolute atomic E-state index is 0.0514. The number of fused-ring (bicyclic) bond motifs is 2. The Morgan fingerprint density at radius 3 is 2.64 bits per heavy atom. The van der Waals surface area contributed by atoms with Gasteiger partial charge in [-0.1, -0.05) is 32.5 Å². The van der Waals surface area contributed by atoms with E-state index in [1.54, 1.807) is 0 Å². The van der Waals surface area contributed by atoms with Gasteiger partial charge in [-0.25, -0.2) is 4.79 Å². The molecule has 0 aromatic heterocycles. The molecule has 8 nitrogen and oxygen atoms in total. The molecule has 25 heavy (non-hydrogen) atoms. The maximum Gasteiger partial charge on any atom is 0.318 e. The quantitative estimate of drug-likeness (QED) is 0.653. The summed E-state index contributed by atoms with van der Waals surface area (Å²) < 4.78 is 0. The number of urea groups is 1. The third-order valence-corrected chi connectivity index (χ3v) is 7.26. The summed E-state index contributed by atoms with van der Waals surface area (Å²) in [4.78, 5) is 34.2. The van der Waals surface area contributed by atoms with Crippen LogP contribution < -0.4 is 16.4 Å². The van der Waals surface area contributed by atoms with Gasteiger partial charge in [0.2, 0.25) is 11.8 Å². The lowest BCUT2D eigenvalue weighted by Gasteiger charge is -2.34. The zero-order chi connectivity index (χ0) is 18.4. The molecule has 3 aliphatic rings. The van der Waals surface area contributed by atoms with Crippen molar-refractivity contribution in [2.45, 2.75) is 51.7 Å². The predicted octanol–water partition coefficient (Wildman–Crippen LogP) is 1.36. The topological polar surface area (TPSA) is 126 Å². The van der Waals surface area contributed by atoms with Crippen molar-refractivity contribution in [2.24, 2.45) is 32.7 Å². The number of nitrogens with zero attached hydrogens (tertiary/aromatic N) is 2. The van der Waals surface area contributed by atoms with Gasteiger partial charge >= 0.3 is 6.03 Å². The van der Waals surface area contributed by atoms with E-state index in [0.717, 1.165) is 30.3 Å². The van der Waals surface area contributed by atoms with Gasteiger partial charge < -0.3 is 11.1 Å². The monoisotopic (exact) mass is 365 g/mol. The summed E-state index contributed by atoms with van der Waals surface area (Å²) in [7, 11) is 0. The number of amidine groups is 1. The van der Waals surface area contributed by atoms with E-state index >= 15 is 0 Å². The van der Waals surface area contributed by atoms with Crippen molar-refractivity contribution in [3.05, 3.63) is 0 Å². The number of rotatable bonds is 3. The molecule has 4 amide bonds. The van der Waals surface area contributed by atoms with Gasteiger partial charge in [0.05, 0.1) is 0 Å². The summed E-state index contributed by atoms with van der Waals surface area (Å²) in [6.45, 7) is 6.83. The fourth-order valence-corrected chi connectivity index (χ4v) is 5.05. The number of imide groups is 1. The Kier molecular flexibility index (Phi) is 4.38. The molecule has 136 valence electrons. The van der Waals surface area contributed by atoms with Crippen LogP contribution in [0.1, 0.15) is 46.5 Å². The Labute approximate surface area is 150 Å². The predicted molar refractivity (Wildman–Crippen MR) is 96.0 cm³/mol. The van der Waals surface area contributed by atoms with E-state index in [4.69, 9.17) is 5.73 Å². The van der Waals surface area contributed by atoms with E-state index < -0.39 is 17.2 Å². The van der Waals surface area contributed by atoms with E-state index in [-0.39, 0.29) is 23.2 Å². The third-order valence-electron chi connectivity index (χ3n) is 6.18. The first-order valence-electron chi connectivity index (χ1n) is 8.35. The molecule has 0 radical (unpaired) electrons. The van der Waals surface area contributed by atoms with Gasteiger partial charge in [-0.2, -0.15) is 5.10 Å². The number of carbonyl (C=O) groups is 3. The van der Waals surface area contributed by atoms with Crippen molar-refractivity contribution in [1.29, 1.82) is 0 Å². The lowest BCUT2D eigenvalue weighted by molar-refractivity contribution is -0.124. The van der Waals surface area contributed by atoms with Crippen LogP contribution in [-0.2, 0) is 9.59 Å². The average molecular weight is 365 g/mol. The number of hydrogen-bond donors (Lipinski definition) is 3. The van der Waals surface area contributed by atoms with Crippen LogP contribution in [0.15, 0.2) is 10.2 Å². The molecule has 1 saturated heterocycles. The summed E-state index contributed by atoms with van der Waals surface area (Å²) in [6, 6.07) is -0.930.